The first-order valence-corrected chi connectivity index (χ1v) is 7.09. The summed E-state index contributed by atoms with van der Waals surface area (Å²) in [5, 5.41) is 3.08. The maximum atomic E-state index is 11.9. The van der Waals surface area contributed by atoms with Gasteiger partial charge < -0.3 is 11.1 Å². The second-order valence-corrected chi connectivity index (χ2v) is 5.43. The molecule has 1 atom stereocenters. The predicted molar refractivity (Wildman–Crippen MR) is 71.9 cm³/mol. The number of carbonyl (C=O) groups is 1. The molecule has 1 saturated heterocycles. The number of carbonyl (C=O) groups excluding carboxylic acids is 1. The standard InChI is InChI=1S/C13H18N2OS/c14-8-11-4-2-1-3-10(11)7-13(16)15-12-5-6-17-9-12/h1-4,12H,5-9,14H2,(H,15,16). The summed E-state index contributed by atoms with van der Waals surface area (Å²) in [4.78, 5) is 11.9. The number of rotatable bonds is 4. The van der Waals surface area contributed by atoms with Crippen LogP contribution in [0.4, 0.5) is 0 Å². The first-order valence-electron chi connectivity index (χ1n) is 5.93. The highest BCUT2D eigenvalue weighted by Crippen LogP contribution is 2.17. The van der Waals surface area contributed by atoms with Gasteiger partial charge in [0.15, 0.2) is 0 Å². The molecule has 3 nitrogen and oxygen atoms in total. The topological polar surface area (TPSA) is 55.1 Å². The Hall–Kier alpha value is -1.00. The minimum atomic E-state index is 0.110. The average molecular weight is 250 g/mol. The van der Waals surface area contributed by atoms with E-state index in [9.17, 15) is 4.79 Å². The molecule has 1 fully saturated rings. The normalized spacial score (nSPS) is 19.2. The molecule has 0 radical (unpaired) electrons. The number of thioether (sulfide) groups is 1. The van der Waals surface area contributed by atoms with Crippen molar-refractivity contribution in [3.05, 3.63) is 35.4 Å². The van der Waals surface area contributed by atoms with Crippen LogP contribution in [0.3, 0.4) is 0 Å². The largest absolute Gasteiger partial charge is 0.352 e. The fourth-order valence-electron chi connectivity index (χ4n) is 2.03. The monoisotopic (exact) mass is 250 g/mol. The van der Waals surface area contributed by atoms with Crippen LogP contribution in [-0.4, -0.2) is 23.5 Å². The molecule has 1 amide bonds. The fourth-order valence-corrected chi connectivity index (χ4v) is 3.18. The molecule has 92 valence electrons. The zero-order valence-electron chi connectivity index (χ0n) is 9.82. The van der Waals surface area contributed by atoms with E-state index in [1.807, 2.05) is 36.0 Å². The Kier molecular flexibility index (Phi) is 4.45. The summed E-state index contributed by atoms with van der Waals surface area (Å²) in [6, 6.07) is 8.22. The summed E-state index contributed by atoms with van der Waals surface area (Å²) in [7, 11) is 0. The van der Waals surface area contributed by atoms with Gasteiger partial charge in [0.2, 0.25) is 5.91 Å². The molecule has 1 aliphatic heterocycles. The van der Waals surface area contributed by atoms with Crippen molar-refractivity contribution < 1.29 is 4.79 Å². The number of hydrogen-bond donors (Lipinski definition) is 2. The van der Waals surface area contributed by atoms with E-state index in [1.165, 1.54) is 0 Å². The van der Waals surface area contributed by atoms with Crippen LogP contribution in [0.1, 0.15) is 17.5 Å². The molecule has 2 rings (SSSR count). The Morgan fingerprint density at radius 3 is 2.82 bits per heavy atom. The molecule has 0 spiro atoms. The Morgan fingerprint density at radius 1 is 1.41 bits per heavy atom. The van der Waals surface area contributed by atoms with Crippen LogP contribution in [0.25, 0.3) is 0 Å². The zero-order chi connectivity index (χ0) is 12.1. The maximum absolute atomic E-state index is 11.9. The van der Waals surface area contributed by atoms with Crippen molar-refractivity contribution in [3.63, 3.8) is 0 Å². The van der Waals surface area contributed by atoms with E-state index in [4.69, 9.17) is 5.73 Å². The Bertz CT molecular complexity index is 389. The summed E-state index contributed by atoms with van der Waals surface area (Å²) in [5.41, 5.74) is 7.75. The first kappa shape index (κ1) is 12.5. The molecule has 1 aliphatic rings. The number of nitrogens with one attached hydrogen (secondary N) is 1. The van der Waals surface area contributed by atoms with Gasteiger partial charge in [-0.2, -0.15) is 11.8 Å². The lowest BCUT2D eigenvalue weighted by Gasteiger charge is -2.12. The van der Waals surface area contributed by atoms with E-state index in [0.29, 0.717) is 19.0 Å². The van der Waals surface area contributed by atoms with Crippen molar-refractivity contribution in [1.29, 1.82) is 0 Å². The maximum Gasteiger partial charge on any atom is 0.224 e. The molecule has 4 heteroatoms. The van der Waals surface area contributed by atoms with Crippen LogP contribution in [-0.2, 0) is 17.8 Å². The highest BCUT2D eigenvalue weighted by atomic mass is 32.2. The van der Waals surface area contributed by atoms with Crippen molar-refractivity contribution in [2.24, 2.45) is 5.73 Å². The van der Waals surface area contributed by atoms with Gasteiger partial charge in [0.25, 0.3) is 0 Å². The van der Waals surface area contributed by atoms with Crippen molar-refractivity contribution >= 4 is 17.7 Å². The summed E-state index contributed by atoms with van der Waals surface area (Å²) < 4.78 is 0. The second-order valence-electron chi connectivity index (χ2n) is 4.28. The number of benzene rings is 1. The van der Waals surface area contributed by atoms with Crippen molar-refractivity contribution in [2.45, 2.75) is 25.4 Å². The molecule has 1 aromatic rings. The minimum absolute atomic E-state index is 0.110. The first-order chi connectivity index (χ1) is 8.29. The Morgan fingerprint density at radius 2 is 2.18 bits per heavy atom. The number of nitrogens with two attached hydrogens (primary N) is 1. The SMILES string of the molecule is NCc1ccccc1CC(=O)NC1CCSC1. The molecular formula is C13H18N2OS. The highest BCUT2D eigenvalue weighted by molar-refractivity contribution is 7.99. The minimum Gasteiger partial charge on any atom is -0.352 e. The van der Waals surface area contributed by atoms with Gasteiger partial charge in [-0.1, -0.05) is 24.3 Å². The lowest BCUT2D eigenvalue weighted by atomic mass is 10.0. The average Bonchev–Trinajstić information content (AvgIpc) is 2.82. The van der Waals surface area contributed by atoms with Crippen LogP contribution in [0, 0.1) is 0 Å². The Balaban J connectivity index is 1.92. The molecule has 17 heavy (non-hydrogen) atoms. The van der Waals surface area contributed by atoms with Crippen LogP contribution >= 0.6 is 11.8 Å². The van der Waals surface area contributed by atoms with Crippen molar-refractivity contribution in [1.82, 2.24) is 5.32 Å². The van der Waals surface area contributed by atoms with Crippen LogP contribution in [0.15, 0.2) is 24.3 Å². The molecule has 3 N–H and O–H groups in total. The molecule has 1 unspecified atom stereocenters. The van der Waals surface area contributed by atoms with Crippen molar-refractivity contribution in [2.75, 3.05) is 11.5 Å². The van der Waals surface area contributed by atoms with E-state index < -0.39 is 0 Å². The third-order valence-corrected chi connectivity index (χ3v) is 4.15. The Labute approximate surface area is 106 Å². The number of amides is 1. The second kappa shape index (κ2) is 6.07. The predicted octanol–water partition coefficient (Wildman–Crippen LogP) is 1.31. The molecule has 0 saturated carbocycles. The summed E-state index contributed by atoms with van der Waals surface area (Å²) in [6.45, 7) is 0.489. The van der Waals surface area contributed by atoms with Crippen LogP contribution < -0.4 is 11.1 Å². The van der Waals surface area contributed by atoms with Gasteiger partial charge in [-0.05, 0) is 23.3 Å². The lowest BCUT2D eigenvalue weighted by Crippen LogP contribution is -2.35. The molecular weight excluding hydrogens is 232 g/mol. The molecule has 0 aliphatic carbocycles. The van der Waals surface area contributed by atoms with Gasteiger partial charge in [0, 0.05) is 18.3 Å². The van der Waals surface area contributed by atoms with E-state index in [-0.39, 0.29) is 5.91 Å². The summed E-state index contributed by atoms with van der Waals surface area (Å²) in [5.74, 6) is 2.31. The molecule has 1 heterocycles. The summed E-state index contributed by atoms with van der Waals surface area (Å²) in [6.07, 6.45) is 1.53. The van der Waals surface area contributed by atoms with E-state index >= 15 is 0 Å². The summed E-state index contributed by atoms with van der Waals surface area (Å²) >= 11 is 1.90. The van der Waals surface area contributed by atoms with E-state index in [2.05, 4.69) is 5.32 Å². The smallest absolute Gasteiger partial charge is 0.224 e. The zero-order valence-corrected chi connectivity index (χ0v) is 10.6. The van der Waals surface area contributed by atoms with E-state index in [1.54, 1.807) is 0 Å². The van der Waals surface area contributed by atoms with Gasteiger partial charge in [-0.15, -0.1) is 0 Å². The molecule has 1 aromatic carbocycles. The van der Waals surface area contributed by atoms with Crippen molar-refractivity contribution in [3.8, 4) is 0 Å². The lowest BCUT2D eigenvalue weighted by molar-refractivity contribution is -0.121. The quantitative estimate of drug-likeness (QED) is 0.847. The van der Waals surface area contributed by atoms with Crippen LogP contribution in [0.2, 0.25) is 0 Å². The van der Waals surface area contributed by atoms with Gasteiger partial charge in [-0.25, -0.2) is 0 Å². The third-order valence-electron chi connectivity index (χ3n) is 2.98. The molecule has 0 bridgehead atoms. The van der Waals surface area contributed by atoms with Gasteiger partial charge in [0.1, 0.15) is 0 Å². The van der Waals surface area contributed by atoms with Gasteiger partial charge in [-0.3, -0.25) is 4.79 Å². The van der Waals surface area contributed by atoms with E-state index in [0.717, 1.165) is 29.1 Å². The highest BCUT2D eigenvalue weighted by Gasteiger charge is 2.17. The molecule has 0 aromatic heterocycles. The van der Waals surface area contributed by atoms with Crippen LogP contribution in [0.5, 0.6) is 0 Å². The van der Waals surface area contributed by atoms with Gasteiger partial charge >= 0.3 is 0 Å². The number of hydrogen-bond acceptors (Lipinski definition) is 3. The van der Waals surface area contributed by atoms with Gasteiger partial charge in [0.05, 0.1) is 6.42 Å². The fraction of sp³-hybridized carbons (Fsp3) is 0.462. The third kappa shape index (κ3) is 3.48.